The average Bonchev–Trinajstić information content (AvgIpc) is 2.82. The summed E-state index contributed by atoms with van der Waals surface area (Å²) in [5.41, 5.74) is 1.50. The van der Waals surface area contributed by atoms with Crippen LogP contribution in [0.15, 0.2) is 27.3 Å². The van der Waals surface area contributed by atoms with Crippen LogP contribution in [0.2, 0.25) is 0 Å². The first-order chi connectivity index (χ1) is 10.0. The third kappa shape index (κ3) is 3.19. The zero-order valence-corrected chi connectivity index (χ0v) is 14.8. The van der Waals surface area contributed by atoms with Gasteiger partial charge in [-0.15, -0.1) is 0 Å². The maximum absolute atomic E-state index is 13.8. The van der Waals surface area contributed by atoms with Gasteiger partial charge < -0.3 is 5.32 Å². The molecule has 0 aliphatic carbocycles. The molecule has 1 atom stereocenters. The van der Waals surface area contributed by atoms with E-state index in [2.05, 4.69) is 49.2 Å². The maximum atomic E-state index is 13.8. The Morgan fingerprint density at radius 1 is 1.33 bits per heavy atom. The fraction of sp³-hybridized carbons (Fsp3) is 0.357. The topological polar surface area (TPSA) is 29.9 Å². The second-order valence-corrected chi connectivity index (χ2v) is 6.23. The molecule has 0 fully saturated rings. The van der Waals surface area contributed by atoms with E-state index in [4.69, 9.17) is 0 Å². The average molecular weight is 423 g/mol. The molecular formula is C14H15Br2F2N3. The number of rotatable bonds is 5. The van der Waals surface area contributed by atoms with E-state index in [9.17, 15) is 8.78 Å². The zero-order chi connectivity index (χ0) is 15.6. The van der Waals surface area contributed by atoms with Crippen molar-refractivity contribution >= 4 is 31.9 Å². The molecule has 0 radical (unpaired) electrons. The van der Waals surface area contributed by atoms with E-state index in [1.165, 1.54) is 0 Å². The standard InChI is InChI=1S/C14H15Br2F2N3/c1-3-6-21-14(9(15)7-20-21)13(19-2)8-4-5-10(17)12(18)11(8)16/h4-5,7,13,19H,3,6H2,1-2H3. The van der Waals surface area contributed by atoms with Gasteiger partial charge in [-0.2, -0.15) is 5.10 Å². The van der Waals surface area contributed by atoms with E-state index in [1.54, 1.807) is 19.3 Å². The second-order valence-electron chi connectivity index (χ2n) is 4.59. The Hall–Kier alpha value is -0.790. The normalized spacial score (nSPS) is 12.7. The van der Waals surface area contributed by atoms with Crippen LogP contribution >= 0.6 is 31.9 Å². The fourth-order valence-corrected chi connectivity index (χ4v) is 3.33. The Kier molecular flexibility index (Phi) is 5.51. The van der Waals surface area contributed by atoms with Gasteiger partial charge in [0.15, 0.2) is 11.6 Å². The van der Waals surface area contributed by atoms with E-state index in [0.29, 0.717) is 5.56 Å². The Labute approximate surface area is 139 Å². The molecule has 1 N–H and O–H groups in total. The first-order valence-corrected chi connectivity index (χ1v) is 8.11. The molecule has 0 amide bonds. The van der Waals surface area contributed by atoms with Gasteiger partial charge >= 0.3 is 0 Å². The lowest BCUT2D eigenvalue weighted by Crippen LogP contribution is -2.23. The lowest BCUT2D eigenvalue weighted by Gasteiger charge is -2.20. The summed E-state index contributed by atoms with van der Waals surface area (Å²) in [5.74, 6) is -1.76. The molecular weight excluding hydrogens is 408 g/mol. The maximum Gasteiger partial charge on any atom is 0.173 e. The summed E-state index contributed by atoms with van der Waals surface area (Å²) in [5, 5.41) is 7.45. The Bertz CT molecular complexity index is 643. The highest BCUT2D eigenvalue weighted by Crippen LogP contribution is 2.34. The highest BCUT2D eigenvalue weighted by atomic mass is 79.9. The van der Waals surface area contributed by atoms with Crippen LogP contribution < -0.4 is 5.32 Å². The number of hydrogen-bond acceptors (Lipinski definition) is 2. The van der Waals surface area contributed by atoms with Crippen LogP contribution in [0.5, 0.6) is 0 Å². The molecule has 0 aliphatic rings. The fourth-order valence-electron chi connectivity index (χ4n) is 2.25. The van der Waals surface area contributed by atoms with Gasteiger partial charge in [0.05, 0.1) is 26.9 Å². The van der Waals surface area contributed by atoms with Gasteiger partial charge in [-0.05, 0) is 57.0 Å². The number of nitrogens with zero attached hydrogens (tertiary/aromatic N) is 2. The van der Waals surface area contributed by atoms with Crippen molar-refractivity contribution < 1.29 is 8.78 Å². The Morgan fingerprint density at radius 2 is 2.05 bits per heavy atom. The van der Waals surface area contributed by atoms with Crippen LogP contribution in [-0.2, 0) is 6.54 Å². The van der Waals surface area contributed by atoms with Crippen LogP contribution in [0.3, 0.4) is 0 Å². The summed E-state index contributed by atoms with van der Waals surface area (Å²) < 4.78 is 29.9. The lowest BCUT2D eigenvalue weighted by atomic mass is 10.0. The molecule has 1 heterocycles. The van der Waals surface area contributed by atoms with Gasteiger partial charge in [-0.25, -0.2) is 8.78 Å². The number of nitrogens with one attached hydrogen (secondary N) is 1. The summed E-state index contributed by atoms with van der Waals surface area (Å²) in [7, 11) is 1.77. The summed E-state index contributed by atoms with van der Waals surface area (Å²) in [6.07, 6.45) is 2.64. The van der Waals surface area contributed by atoms with E-state index >= 15 is 0 Å². The minimum Gasteiger partial charge on any atom is -0.308 e. The number of benzene rings is 1. The largest absolute Gasteiger partial charge is 0.308 e. The van der Waals surface area contributed by atoms with Gasteiger partial charge in [0.1, 0.15) is 0 Å². The van der Waals surface area contributed by atoms with Gasteiger partial charge in [-0.1, -0.05) is 13.0 Å². The lowest BCUT2D eigenvalue weighted by molar-refractivity contribution is 0.494. The number of aryl methyl sites for hydroxylation is 1. The molecule has 0 saturated carbocycles. The first kappa shape index (κ1) is 16.6. The third-order valence-corrected chi connectivity index (χ3v) is 4.62. The molecule has 0 saturated heterocycles. The van der Waals surface area contributed by atoms with Crippen molar-refractivity contribution in [1.29, 1.82) is 0 Å². The SMILES string of the molecule is CCCn1ncc(Br)c1C(NC)c1ccc(F)c(F)c1Br. The van der Waals surface area contributed by atoms with E-state index in [1.807, 2.05) is 4.68 Å². The zero-order valence-electron chi connectivity index (χ0n) is 11.6. The van der Waals surface area contributed by atoms with Crippen LogP contribution in [-0.4, -0.2) is 16.8 Å². The van der Waals surface area contributed by atoms with Crippen molar-refractivity contribution in [3.8, 4) is 0 Å². The van der Waals surface area contributed by atoms with E-state index in [-0.39, 0.29) is 10.5 Å². The van der Waals surface area contributed by atoms with Crippen molar-refractivity contribution in [2.75, 3.05) is 7.05 Å². The molecule has 2 rings (SSSR count). The van der Waals surface area contributed by atoms with Crippen LogP contribution in [0.25, 0.3) is 0 Å². The predicted molar refractivity (Wildman–Crippen MR) is 85.2 cm³/mol. The molecule has 1 aromatic carbocycles. The molecule has 1 unspecified atom stereocenters. The second kappa shape index (κ2) is 6.98. The minimum atomic E-state index is -0.884. The quantitative estimate of drug-likeness (QED) is 0.723. The van der Waals surface area contributed by atoms with Gasteiger partial charge in [0.25, 0.3) is 0 Å². The summed E-state index contributed by atoms with van der Waals surface area (Å²) >= 11 is 6.62. The smallest absolute Gasteiger partial charge is 0.173 e. The molecule has 0 spiro atoms. The highest BCUT2D eigenvalue weighted by molar-refractivity contribution is 9.10. The molecule has 114 valence electrons. The summed E-state index contributed by atoms with van der Waals surface area (Å²) in [6, 6.07) is 2.39. The van der Waals surface area contributed by atoms with Gasteiger partial charge in [-0.3, -0.25) is 4.68 Å². The highest BCUT2D eigenvalue weighted by Gasteiger charge is 2.24. The molecule has 0 bridgehead atoms. The number of hydrogen-bond donors (Lipinski definition) is 1. The van der Waals surface area contributed by atoms with E-state index < -0.39 is 11.6 Å². The number of aromatic nitrogens is 2. The molecule has 7 heteroatoms. The van der Waals surface area contributed by atoms with Crippen LogP contribution in [0, 0.1) is 11.6 Å². The molecule has 1 aromatic heterocycles. The third-order valence-electron chi connectivity index (χ3n) is 3.21. The minimum absolute atomic E-state index is 0.123. The molecule has 21 heavy (non-hydrogen) atoms. The molecule has 2 aromatic rings. The van der Waals surface area contributed by atoms with Crippen molar-refractivity contribution in [2.45, 2.75) is 25.9 Å². The van der Waals surface area contributed by atoms with Crippen LogP contribution in [0.1, 0.15) is 30.6 Å². The molecule has 0 aliphatic heterocycles. The van der Waals surface area contributed by atoms with Gasteiger partial charge in [0, 0.05) is 6.54 Å². The predicted octanol–water partition coefficient (Wildman–Crippen LogP) is 4.41. The monoisotopic (exact) mass is 421 g/mol. The first-order valence-electron chi connectivity index (χ1n) is 6.53. The summed E-state index contributed by atoms with van der Waals surface area (Å²) in [6.45, 7) is 2.81. The van der Waals surface area contributed by atoms with Crippen LogP contribution in [0.4, 0.5) is 8.78 Å². The number of halogens is 4. The van der Waals surface area contributed by atoms with Gasteiger partial charge in [0.2, 0.25) is 0 Å². The summed E-state index contributed by atoms with van der Waals surface area (Å²) in [4.78, 5) is 0. The van der Waals surface area contributed by atoms with E-state index in [0.717, 1.165) is 29.2 Å². The van der Waals surface area contributed by atoms with Crippen molar-refractivity contribution in [2.24, 2.45) is 0 Å². The van der Waals surface area contributed by atoms with Crippen molar-refractivity contribution in [3.05, 3.63) is 50.2 Å². The van der Waals surface area contributed by atoms with Crippen molar-refractivity contribution in [3.63, 3.8) is 0 Å². The van der Waals surface area contributed by atoms with Crippen molar-refractivity contribution in [1.82, 2.24) is 15.1 Å². The Morgan fingerprint density at radius 3 is 2.67 bits per heavy atom. The molecule has 3 nitrogen and oxygen atoms in total. The Balaban J connectivity index is 2.55.